The van der Waals surface area contributed by atoms with Gasteiger partial charge in [0.2, 0.25) is 0 Å². The second-order valence-electron chi connectivity index (χ2n) is 6.70. The number of fused-ring (bicyclic) bond motifs is 2. The molecule has 0 saturated carbocycles. The monoisotopic (exact) mass is 324 g/mol. The number of nitrogens with zero attached hydrogens (tertiary/aromatic N) is 8. The molecule has 0 aromatic carbocycles. The summed E-state index contributed by atoms with van der Waals surface area (Å²) in [4.78, 5) is 7.35. The molecule has 1 unspecified atom stereocenters. The molecule has 0 radical (unpaired) electrons. The van der Waals surface area contributed by atoms with E-state index in [0.717, 1.165) is 38.0 Å². The zero-order valence-electron chi connectivity index (χ0n) is 13.8. The van der Waals surface area contributed by atoms with Crippen LogP contribution in [0.2, 0.25) is 0 Å². The lowest BCUT2D eigenvalue weighted by Crippen LogP contribution is -2.26. The third-order valence-corrected chi connectivity index (χ3v) is 5.31. The van der Waals surface area contributed by atoms with Crippen molar-refractivity contribution in [2.45, 2.75) is 44.6 Å². The molecule has 1 saturated heterocycles. The zero-order valence-corrected chi connectivity index (χ0v) is 13.8. The summed E-state index contributed by atoms with van der Waals surface area (Å²) >= 11 is 0. The summed E-state index contributed by atoms with van der Waals surface area (Å²) < 4.78 is 3.82. The van der Waals surface area contributed by atoms with Crippen LogP contribution in [0, 0.1) is 0 Å². The van der Waals surface area contributed by atoms with E-state index >= 15 is 0 Å². The molecule has 1 fully saturated rings. The molecule has 4 heterocycles. The predicted molar refractivity (Wildman–Crippen MR) is 87.7 cm³/mol. The van der Waals surface area contributed by atoms with E-state index in [1.54, 1.807) is 0 Å². The number of aromatic nitrogens is 7. The first-order chi connectivity index (χ1) is 11.8. The van der Waals surface area contributed by atoms with Crippen molar-refractivity contribution in [2.75, 3.05) is 11.4 Å². The third-order valence-electron chi connectivity index (χ3n) is 5.31. The first-order valence-electron chi connectivity index (χ1n) is 8.68. The van der Waals surface area contributed by atoms with Crippen molar-refractivity contribution in [3.63, 3.8) is 0 Å². The van der Waals surface area contributed by atoms with Gasteiger partial charge in [-0.25, -0.2) is 4.98 Å². The molecule has 1 aliphatic heterocycles. The number of aryl methyl sites for hydroxylation is 1. The Morgan fingerprint density at radius 2 is 2.04 bits per heavy atom. The van der Waals surface area contributed by atoms with Gasteiger partial charge in [-0.3, -0.25) is 0 Å². The van der Waals surface area contributed by atoms with Gasteiger partial charge in [-0.15, -0.1) is 14.8 Å². The summed E-state index contributed by atoms with van der Waals surface area (Å²) in [7, 11) is 2.17. The Labute approximate surface area is 139 Å². The van der Waals surface area contributed by atoms with Crippen LogP contribution in [-0.4, -0.2) is 41.4 Å². The zero-order chi connectivity index (χ0) is 16.1. The van der Waals surface area contributed by atoms with E-state index in [-0.39, 0.29) is 6.04 Å². The lowest BCUT2D eigenvalue weighted by molar-refractivity contribution is 0.602. The predicted octanol–water partition coefficient (Wildman–Crippen LogP) is 1.47. The maximum absolute atomic E-state index is 5.01. The molecule has 3 aromatic rings. The first kappa shape index (κ1) is 13.9. The van der Waals surface area contributed by atoms with Gasteiger partial charge >= 0.3 is 0 Å². The highest BCUT2D eigenvalue weighted by atomic mass is 15.6. The maximum atomic E-state index is 5.01. The van der Waals surface area contributed by atoms with Gasteiger partial charge in [0.05, 0.1) is 11.7 Å². The van der Waals surface area contributed by atoms with E-state index in [0.29, 0.717) is 5.65 Å². The highest BCUT2D eigenvalue weighted by Gasteiger charge is 2.32. The molecule has 0 amide bonds. The Morgan fingerprint density at radius 3 is 2.96 bits per heavy atom. The molecule has 1 atom stereocenters. The normalized spacial score (nSPS) is 20.7. The van der Waals surface area contributed by atoms with Crippen molar-refractivity contribution < 1.29 is 0 Å². The number of imidazole rings is 1. The minimum absolute atomic E-state index is 0.280. The first-order valence-corrected chi connectivity index (χ1v) is 8.68. The van der Waals surface area contributed by atoms with Crippen LogP contribution in [-0.2, 0) is 19.9 Å². The number of rotatable bonds is 2. The molecular formula is C16H20N8. The Hall–Kier alpha value is -2.51. The van der Waals surface area contributed by atoms with Crippen LogP contribution in [0.15, 0.2) is 12.1 Å². The van der Waals surface area contributed by atoms with Crippen LogP contribution >= 0.6 is 0 Å². The quantitative estimate of drug-likeness (QED) is 0.710. The van der Waals surface area contributed by atoms with Crippen LogP contribution in [0.5, 0.6) is 0 Å². The standard InChI is InChI=1S/C16H20N8/c1-22-12-6-3-2-5-11(12)17-16(22)13-7-4-10-23(13)15-9-8-14-18-20-21-24(14)19-15/h8-9,13H,2-7,10H2,1H3. The number of tetrazole rings is 1. The Morgan fingerprint density at radius 1 is 1.12 bits per heavy atom. The molecule has 3 aromatic heterocycles. The van der Waals surface area contributed by atoms with Crippen molar-refractivity contribution in [1.29, 1.82) is 0 Å². The molecular weight excluding hydrogens is 304 g/mol. The van der Waals surface area contributed by atoms with E-state index in [4.69, 9.17) is 4.98 Å². The van der Waals surface area contributed by atoms with E-state index < -0.39 is 0 Å². The topological polar surface area (TPSA) is 77.0 Å². The van der Waals surface area contributed by atoms with Crippen LogP contribution in [0.1, 0.15) is 48.9 Å². The van der Waals surface area contributed by atoms with E-state index in [2.05, 4.69) is 37.1 Å². The van der Waals surface area contributed by atoms with Gasteiger partial charge in [-0.1, -0.05) is 0 Å². The van der Waals surface area contributed by atoms with Crippen LogP contribution in [0.3, 0.4) is 0 Å². The molecule has 0 N–H and O–H groups in total. The fourth-order valence-corrected chi connectivity index (χ4v) is 4.11. The van der Waals surface area contributed by atoms with Gasteiger partial charge in [0, 0.05) is 19.3 Å². The van der Waals surface area contributed by atoms with Gasteiger partial charge in [0.15, 0.2) is 11.5 Å². The Balaban J connectivity index is 1.54. The summed E-state index contributed by atoms with van der Waals surface area (Å²) in [6.45, 7) is 0.989. The highest BCUT2D eigenvalue weighted by Crippen LogP contribution is 2.36. The maximum Gasteiger partial charge on any atom is 0.200 e. The molecule has 5 rings (SSSR count). The minimum atomic E-state index is 0.280. The molecule has 24 heavy (non-hydrogen) atoms. The van der Waals surface area contributed by atoms with Gasteiger partial charge < -0.3 is 9.47 Å². The van der Waals surface area contributed by atoms with Crippen molar-refractivity contribution in [3.05, 3.63) is 29.3 Å². The second kappa shape index (κ2) is 5.25. The second-order valence-corrected chi connectivity index (χ2v) is 6.70. The lowest BCUT2D eigenvalue weighted by Gasteiger charge is -2.25. The Bertz CT molecular complexity index is 895. The largest absolute Gasteiger partial charge is 0.345 e. The van der Waals surface area contributed by atoms with Gasteiger partial charge in [0.1, 0.15) is 5.82 Å². The number of anilines is 1. The van der Waals surface area contributed by atoms with Crippen LogP contribution < -0.4 is 4.90 Å². The fraction of sp³-hybridized carbons (Fsp3) is 0.562. The minimum Gasteiger partial charge on any atom is -0.345 e. The summed E-state index contributed by atoms with van der Waals surface area (Å²) in [5, 5.41) is 16.1. The fourth-order valence-electron chi connectivity index (χ4n) is 4.11. The van der Waals surface area contributed by atoms with Gasteiger partial charge in [0.25, 0.3) is 0 Å². The van der Waals surface area contributed by atoms with Crippen LogP contribution in [0.25, 0.3) is 5.65 Å². The lowest BCUT2D eigenvalue weighted by atomic mass is 10.0. The summed E-state index contributed by atoms with van der Waals surface area (Å²) in [5.41, 5.74) is 3.39. The highest BCUT2D eigenvalue weighted by molar-refractivity contribution is 5.46. The molecule has 8 nitrogen and oxygen atoms in total. The number of hydrogen-bond donors (Lipinski definition) is 0. The average Bonchev–Trinajstić information content (AvgIpc) is 3.32. The molecule has 8 heteroatoms. The Kier molecular flexibility index (Phi) is 3.04. The molecule has 0 bridgehead atoms. The molecule has 1 aliphatic carbocycles. The third kappa shape index (κ3) is 2.02. The van der Waals surface area contributed by atoms with E-state index in [1.165, 1.54) is 34.7 Å². The smallest absolute Gasteiger partial charge is 0.200 e. The summed E-state index contributed by atoms with van der Waals surface area (Å²) in [6.07, 6.45) is 7.06. The van der Waals surface area contributed by atoms with Crippen LogP contribution in [0.4, 0.5) is 5.82 Å². The average molecular weight is 324 g/mol. The number of hydrogen-bond acceptors (Lipinski definition) is 6. The van der Waals surface area contributed by atoms with Crippen molar-refractivity contribution in [1.82, 2.24) is 34.8 Å². The molecule has 124 valence electrons. The molecule has 2 aliphatic rings. The van der Waals surface area contributed by atoms with E-state index in [1.807, 2.05) is 12.1 Å². The van der Waals surface area contributed by atoms with Gasteiger partial charge in [-0.2, -0.15) is 0 Å². The van der Waals surface area contributed by atoms with Crippen molar-refractivity contribution in [3.8, 4) is 0 Å². The molecule has 0 spiro atoms. The summed E-state index contributed by atoms with van der Waals surface area (Å²) in [6, 6.07) is 4.20. The van der Waals surface area contributed by atoms with E-state index in [9.17, 15) is 0 Å². The summed E-state index contributed by atoms with van der Waals surface area (Å²) in [5.74, 6) is 2.09. The van der Waals surface area contributed by atoms with Crippen molar-refractivity contribution >= 4 is 11.5 Å². The SMILES string of the molecule is Cn1c(C2CCCN2c2ccc3nnnn3n2)nc2c1CCCC2. The van der Waals surface area contributed by atoms with Gasteiger partial charge in [-0.05, 0) is 61.1 Å². The van der Waals surface area contributed by atoms with Crippen molar-refractivity contribution in [2.24, 2.45) is 7.05 Å².